The molecule has 4 heteroatoms. The maximum Gasteiger partial charge on any atom is 0.223 e. The van der Waals surface area contributed by atoms with Gasteiger partial charge in [-0.3, -0.25) is 9.78 Å². The molecule has 1 aliphatic rings. The van der Waals surface area contributed by atoms with Crippen LogP contribution in [0.25, 0.3) is 0 Å². The lowest BCUT2D eigenvalue weighted by Gasteiger charge is -2.47. The highest BCUT2D eigenvalue weighted by Gasteiger charge is 2.40. The van der Waals surface area contributed by atoms with Gasteiger partial charge in [-0.05, 0) is 44.9 Å². The van der Waals surface area contributed by atoms with Gasteiger partial charge < -0.3 is 10.6 Å². The van der Waals surface area contributed by atoms with Crippen LogP contribution in [0, 0.1) is 0 Å². The minimum atomic E-state index is -0.219. The van der Waals surface area contributed by atoms with Gasteiger partial charge in [-0.1, -0.05) is 0 Å². The van der Waals surface area contributed by atoms with Gasteiger partial charge in [0, 0.05) is 30.4 Å². The van der Waals surface area contributed by atoms with Crippen molar-refractivity contribution in [2.24, 2.45) is 5.73 Å². The third-order valence-electron chi connectivity index (χ3n) is 3.41. The Morgan fingerprint density at radius 1 is 1.33 bits per heavy atom. The maximum absolute atomic E-state index is 12.2. The van der Waals surface area contributed by atoms with Crippen molar-refractivity contribution in [3.8, 4) is 0 Å². The van der Waals surface area contributed by atoms with Crippen molar-refractivity contribution in [1.82, 2.24) is 9.88 Å². The van der Waals surface area contributed by atoms with E-state index in [0.717, 1.165) is 12.0 Å². The van der Waals surface area contributed by atoms with Gasteiger partial charge in [0.25, 0.3) is 0 Å². The van der Waals surface area contributed by atoms with E-state index in [1.54, 1.807) is 12.4 Å². The molecule has 1 fully saturated rings. The standard InChI is InChI=1S/C14H21N3O/c1-14(2,3)17-12(18)5-4-11(15)13(17)10-6-8-16-9-7-10/h6-9,11,13H,4-5,15H2,1-3H3. The smallest absolute Gasteiger partial charge is 0.223 e. The summed E-state index contributed by atoms with van der Waals surface area (Å²) in [5.41, 5.74) is 7.10. The number of amides is 1. The summed E-state index contributed by atoms with van der Waals surface area (Å²) < 4.78 is 0. The number of nitrogens with two attached hydrogens (primary N) is 1. The molecule has 0 spiro atoms. The highest BCUT2D eigenvalue weighted by atomic mass is 16.2. The molecule has 1 aromatic rings. The molecule has 2 rings (SSSR count). The topological polar surface area (TPSA) is 59.2 Å². The number of hydrogen-bond acceptors (Lipinski definition) is 3. The number of pyridine rings is 1. The lowest BCUT2D eigenvalue weighted by molar-refractivity contribution is -0.144. The second kappa shape index (κ2) is 4.69. The van der Waals surface area contributed by atoms with Gasteiger partial charge >= 0.3 is 0 Å². The average molecular weight is 247 g/mol. The molecule has 2 unspecified atom stereocenters. The predicted octanol–water partition coefficient (Wildman–Crippen LogP) is 1.87. The number of likely N-dealkylation sites (tertiary alicyclic amines) is 1. The zero-order chi connectivity index (χ0) is 13.3. The number of piperidine rings is 1. The summed E-state index contributed by atoms with van der Waals surface area (Å²) in [5.74, 6) is 0.186. The monoisotopic (exact) mass is 247 g/mol. The first kappa shape index (κ1) is 13.0. The molecular weight excluding hydrogens is 226 g/mol. The molecule has 98 valence electrons. The third kappa shape index (κ3) is 2.38. The van der Waals surface area contributed by atoms with E-state index in [1.807, 2.05) is 17.0 Å². The van der Waals surface area contributed by atoms with Gasteiger partial charge in [0.1, 0.15) is 0 Å². The molecule has 18 heavy (non-hydrogen) atoms. The summed E-state index contributed by atoms with van der Waals surface area (Å²) in [6.45, 7) is 6.16. The first-order chi connectivity index (χ1) is 8.41. The molecule has 0 saturated carbocycles. The molecule has 1 saturated heterocycles. The van der Waals surface area contributed by atoms with Crippen LogP contribution in [0.3, 0.4) is 0 Å². The second-order valence-corrected chi connectivity index (χ2v) is 5.86. The molecular formula is C14H21N3O. The normalized spacial score (nSPS) is 25.3. The first-order valence-electron chi connectivity index (χ1n) is 6.39. The van der Waals surface area contributed by atoms with Crippen LogP contribution in [0.1, 0.15) is 45.2 Å². The van der Waals surface area contributed by atoms with Crippen molar-refractivity contribution in [3.63, 3.8) is 0 Å². The fourth-order valence-corrected chi connectivity index (χ4v) is 2.66. The van der Waals surface area contributed by atoms with E-state index >= 15 is 0 Å². The first-order valence-corrected chi connectivity index (χ1v) is 6.39. The molecule has 2 atom stereocenters. The Morgan fingerprint density at radius 3 is 2.50 bits per heavy atom. The van der Waals surface area contributed by atoms with Gasteiger partial charge in [0.15, 0.2) is 0 Å². The molecule has 2 N–H and O–H groups in total. The number of aromatic nitrogens is 1. The SMILES string of the molecule is CC(C)(C)N1C(=O)CCC(N)C1c1ccncc1. The van der Waals surface area contributed by atoms with Crippen LogP contribution in [0.2, 0.25) is 0 Å². The number of carbonyl (C=O) groups excluding carboxylic acids is 1. The Labute approximate surface area is 108 Å². The van der Waals surface area contributed by atoms with E-state index in [2.05, 4.69) is 25.8 Å². The fraction of sp³-hybridized carbons (Fsp3) is 0.571. The van der Waals surface area contributed by atoms with E-state index in [0.29, 0.717) is 6.42 Å². The molecule has 0 radical (unpaired) electrons. The molecule has 1 aliphatic heterocycles. The van der Waals surface area contributed by atoms with E-state index in [9.17, 15) is 4.79 Å². The molecule has 1 amide bonds. The van der Waals surface area contributed by atoms with Crippen molar-refractivity contribution in [2.45, 2.75) is 51.2 Å². The lowest BCUT2D eigenvalue weighted by Crippen LogP contribution is -2.56. The Kier molecular flexibility index (Phi) is 3.39. The average Bonchev–Trinajstić information content (AvgIpc) is 2.31. The van der Waals surface area contributed by atoms with Gasteiger partial charge in [0.05, 0.1) is 6.04 Å². The Morgan fingerprint density at radius 2 is 1.94 bits per heavy atom. The summed E-state index contributed by atoms with van der Waals surface area (Å²) in [4.78, 5) is 18.2. The Bertz CT molecular complexity index is 424. The summed E-state index contributed by atoms with van der Waals surface area (Å²) in [7, 11) is 0. The minimum Gasteiger partial charge on any atom is -0.329 e. The van der Waals surface area contributed by atoms with Crippen LogP contribution >= 0.6 is 0 Å². The zero-order valence-corrected chi connectivity index (χ0v) is 11.3. The van der Waals surface area contributed by atoms with Crippen LogP contribution < -0.4 is 5.73 Å². The number of carbonyl (C=O) groups is 1. The predicted molar refractivity (Wildman–Crippen MR) is 70.8 cm³/mol. The number of rotatable bonds is 1. The largest absolute Gasteiger partial charge is 0.329 e. The number of hydrogen-bond donors (Lipinski definition) is 1. The second-order valence-electron chi connectivity index (χ2n) is 5.86. The molecule has 1 aromatic heterocycles. The van der Waals surface area contributed by atoms with Crippen LogP contribution in [-0.4, -0.2) is 27.4 Å². The summed E-state index contributed by atoms with van der Waals surface area (Å²) in [6, 6.07) is 3.84. The Balaban J connectivity index is 2.42. The van der Waals surface area contributed by atoms with E-state index in [1.165, 1.54) is 0 Å². The van der Waals surface area contributed by atoms with E-state index in [4.69, 9.17) is 5.73 Å². The lowest BCUT2D eigenvalue weighted by atomic mass is 9.87. The van der Waals surface area contributed by atoms with E-state index < -0.39 is 0 Å². The van der Waals surface area contributed by atoms with Gasteiger partial charge in [-0.2, -0.15) is 0 Å². The maximum atomic E-state index is 12.2. The van der Waals surface area contributed by atoms with E-state index in [-0.39, 0.29) is 23.5 Å². The van der Waals surface area contributed by atoms with Crippen molar-refractivity contribution < 1.29 is 4.79 Å². The van der Waals surface area contributed by atoms with Gasteiger partial charge in [-0.15, -0.1) is 0 Å². The molecule has 0 aliphatic carbocycles. The van der Waals surface area contributed by atoms with Crippen molar-refractivity contribution >= 4 is 5.91 Å². The third-order valence-corrected chi connectivity index (χ3v) is 3.41. The molecule has 4 nitrogen and oxygen atoms in total. The number of nitrogens with zero attached hydrogens (tertiary/aromatic N) is 2. The highest BCUT2D eigenvalue weighted by molar-refractivity contribution is 5.78. The van der Waals surface area contributed by atoms with Crippen LogP contribution in [-0.2, 0) is 4.79 Å². The molecule has 2 heterocycles. The fourth-order valence-electron chi connectivity index (χ4n) is 2.66. The van der Waals surface area contributed by atoms with Crippen LogP contribution in [0.4, 0.5) is 0 Å². The van der Waals surface area contributed by atoms with Crippen LogP contribution in [0.5, 0.6) is 0 Å². The van der Waals surface area contributed by atoms with Gasteiger partial charge in [0.2, 0.25) is 5.91 Å². The van der Waals surface area contributed by atoms with Crippen molar-refractivity contribution in [1.29, 1.82) is 0 Å². The van der Waals surface area contributed by atoms with Crippen LogP contribution in [0.15, 0.2) is 24.5 Å². The molecule has 0 aromatic carbocycles. The summed E-state index contributed by atoms with van der Waals surface area (Å²) in [6.07, 6.45) is 4.79. The highest BCUT2D eigenvalue weighted by Crippen LogP contribution is 2.35. The summed E-state index contributed by atoms with van der Waals surface area (Å²) >= 11 is 0. The molecule has 0 bridgehead atoms. The van der Waals surface area contributed by atoms with Crippen molar-refractivity contribution in [3.05, 3.63) is 30.1 Å². The van der Waals surface area contributed by atoms with Crippen molar-refractivity contribution in [2.75, 3.05) is 0 Å². The van der Waals surface area contributed by atoms with Gasteiger partial charge in [-0.25, -0.2) is 0 Å². The minimum absolute atomic E-state index is 0.00988. The quantitative estimate of drug-likeness (QED) is 0.824. The zero-order valence-electron chi connectivity index (χ0n) is 11.3. The summed E-state index contributed by atoms with van der Waals surface area (Å²) in [5, 5.41) is 0. The Hall–Kier alpha value is -1.42.